The fourth-order valence-corrected chi connectivity index (χ4v) is 7.93. The van der Waals surface area contributed by atoms with Gasteiger partial charge in [0, 0.05) is 30.5 Å². The van der Waals surface area contributed by atoms with Gasteiger partial charge in [-0.2, -0.15) is 4.31 Å². The first-order chi connectivity index (χ1) is 20.1. The molecule has 0 N–H and O–H groups in total. The Kier molecular flexibility index (Phi) is 7.78. The van der Waals surface area contributed by atoms with Crippen LogP contribution in [0.5, 0.6) is 0 Å². The van der Waals surface area contributed by atoms with Crippen molar-refractivity contribution < 1.29 is 27.5 Å². The van der Waals surface area contributed by atoms with Crippen LogP contribution in [-0.2, 0) is 35.6 Å². The third kappa shape index (κ3) is 5.66. The van der Waals surface area contributed by atoms with Gasteiger partial charge in [0.1, 0.15) is 6.61 Å². The van der Waals surface area contributed by atoms with E-state index in [1.54, 1.807) is 35.2 Å². The number of carbonyl (C=O) groups excluding carboxylic acids is 2. The largest absolute Gasteiger partial charge is 0.461 e. The zero-order valence-electron chi connectivity index (χ0n) is 23.5. The quantitative estimate of drug-likeness (QED) is 0.390. The summed E-state index contributed by atoms with van der Waals surface area (Å²) in [4.78, 5) is 29.7. The van der Waals surface area contributed by atoms with Gasteiger partial charge in [-0.3, -0.25) is 14.5 Å². The number of halogens is 1. The number of rotatable bonds is 6. The minimum absolute atomic E-state index is 0.0688. The van der Waals surface area contributed by atoms with Crippen LogP contribution in [0.15, 0.2) is 71.6 Å². The molecule has 1 unspecified atom stereocenters. The van der Waals surface area contributed by atoms with Gasteiger partial charge in [-0.25, -0.2) is 8.42 Å². The van der Waals surface area contributed by atoms with Crippen LogP contribution in [0.3, 0.4) is 0 Å². The van der Waals surface area contributed by atoms with Crippen LogP contribution in [0.1, 0.15) is 25.3 Å². The van der Waals surface area contributed by atoms with Gasteiger partial charge in [0.2, 0.25) is 15.9 Å². The van der Waals surface area contributed by atoms with Crippen molar-refractivity contribution in [3.63, 3.8) is 0 Å². The number of piperazine rings is 1. The molecule has 11 heteroatoms. The molecule has 3 saturated heterocycles. The van der Waals surface area contributed by atoms with Crippen molar-refractivity contribution in [3.8, 4) is 0 Å². The number of ether oxygens (including phenoxy) is 2. The van der Waals surface area contributed by atoms with E-state index in [0.29, 0.717) is 18.2 Å². The van der Waals surface area contributed by atoms with Crippen LogP contribution in [0.4, 0.5) is 0 Å². The summed E-state index contributed by atoms with van der Waals surface area (Å²) in [7, 11) is -4.07. The van der Waals surface area contributed by atoms with Gasteiger partial charge >= 0.3 is 5.97 Å². The third-order valence-electron chi connectivity index (χ3n) is 8.75. The molecule has 1 atom stereocenters. The second-order valence-electron chi connectivity index (χ2n) is 11.7. The molecule has 0 saturated carbocycles. The molecule has 222 valence electrons. The predicted molar refractivity (Wildman–Crippen MR) is 158 cm³/mol. The second-order valence-corrected chi connectivity index (χ2v) is 14.1. The first-order valence-corrected chi connectivity index (χ1v) is 15.9. The standard InChI is InChI=1S/C31H34ClN3O6S/c1-23(36)40-22-31-20-34(42(38,39)28-10-8-25-15-27(32)9-7-26(25)16-28)18-29(37)35(31)19-30(21-41-31)11-13-33(14-12-30)17-24-5-3-2-4-6-24/h2-10,15-16H,11-14,17-22H2,1H3. The fourth-order valence-electron chi connectivity index (χ4n) is 6.29. The fraction of sp³-hybridized carbons (Fsp3) is 0.419. The van der Waals surface area contributed by atoms with Crippen molar-refractivity contribution in [2.75, 3.05) is 45.9 Å². The lowest BCUT2D eigenvalue weighted by Gasteiger charge is -2.57. The van der Waals surface area contributed by atoms with Crippen molar-refractivity contribution in [1.29, 1.82) is 0 Å². The van der Waals surface area contributed by atoms with Crippen molar-refractivity contribution in [3.05, 3.63) is 77.3 Å². The van der Waals surface area contributed by atoms with E-state index >= 15 is 0 Å². The summed E-state index contributed by atoms with van der Waals surface area (Å²) in [6.07, 6.45) is 1.69. The predicted octanol–water partition coefficient (Wildman–Crippen LogP) is 3.90. The number of hydrogen-bond donors (Lipinski definition) is 0. The van der Waals surface area contributed by atoms with Crippen molar-refractivity contribution in [1.82, 2.24) is 14.1 Å². The molecule has 9 nitrogen and oxygen atoms in total. The number of likely N-dealkylation sites (tertiary alicyclic amines) is 1. The van der Waals surface area contributed by atoms with Gasteiger partial charge in [-0.1, -0.05) is 54.1 Å². The highest BCUT2D eigenvalue weighted by Gasteiger charge is 2.57. The van der Waals surface area contributed by atoms with E-state index in [1.807, 2.05) is 18.2 Å². The summed E-state index contributed by atoms with van der Waals surface area (Å²) in [5, 5.41) is 2.08. The summed E-state index contributed by atoms with van der Waals surface area (Å²) < 4.78 is 40.7. The van der Waals surface area contributed by atoms with Crippen molar-refractivity contribution in [2.45, 2.75) is 36.9 Å². The lowest BCUT2D eigenvalue weighted by atomic mass is 9.76. The molecular formula is C31H34ClN3O6S. The molecule has 3 aromatic rings. The van der Waals surface area contributed by atoms with Gasteiger partial charge in [0.25, 0.3) is 0 Å². The molecule has 3 aromatic carbocycles. The van der Waals surface area contributed by atoms with E-state index in [2.05, 4.69) is 17.0 Å². The van der Waals surface area contributed by atoms with Gasteiger partial charge in [-0.15, -0.1) is 0 Å². The number of amides is 1. The number of fused-ring (bicyclic) bond motifs is 2. The number of hydrogen-bond acceptors (Lipinski definition) is 7. The zero-order chi connectivity index (χ0) is 29.5. The van der Waals surface area contributed by atoms with E-state index in [0.717, 1.165) is 47.6 Å². The molecule has 3 aliphatic heterocycles. The van der Waals surface area contributed by atoms with Gasteiger partial charge in [0.15, 0.2) is 5.72 Å². The number of carbonyl (C=O) groups is 2. The SMILES string of the molecule is CC(=O)OCC12CN(S(=O)(=O)c3ccc4cc(Cl)ccc4c3)CC(=O)N1CC1(CCN(Cc3ccccc3)CC1)CO2. The Balaban J connectivity index is 1.22. The van der Waals surface area contributed by atoms with Crippen LogP contribution >= 0.6 is 11.6 Å². The molecule has 0 bridgehead atoms. The number of benzene rings is 3. The zero-order valence-corrected chi connectivity index (χ0v) is 25.1. The van der Waals surface area contributed by atoms with Gasteiger partial charge in [0.05, 0.1) is 24.6 Å². The Hall–Kier alpha value is -3.02. The highest BCUT2D eigenvalue weighted by atomic mass is 35.5. The van der Waals surface area contributed by atoms with Crippen LogP contribution in [0, 0.1) is 5.41 Å². The molecule has 0 aromatic heterocycles. The Labute approximate surface area is 251 Å². The molecule has 0 radical (unpaired) electrons. The summed E-state index contributed by atoms with van der Waals surface area (Å²) in [6, 6.07) is 20.4. The maximum Gasteiger partial charge on any atom is 0.302 e. The van der Waals surface area contributed by atoms with E-state index in [1.165, 1.54) is 18.6 Å². The van der Waals surface area contributed by atoms with Crippen LogP contribution in [-0.4, -0.2) is 86.1 Å². The number of esters is 1. The van der Waals surface area contributed by atoms with Crippen molar-refractivity contribution in [2.24, 2.45) is 5.41 Å². The van der Waals surface area contributed by atoms with Gasteiger partial charge in [-0.05, 0) is 66.5 Å². The Morgan fingerprint density at radius 2 is 1.71 bits per heavy atom. The molecule has 3 fully saturated rings. The normalized spacial score (nSPS) is 23.2. The van der Waals surface area contributed by atoms with E-state index < -0.39 is 21.7 Å². The molecule has 1 amide bonds. The highest BCUT2D eigenvalue weighted by molar-refractivity contribution is 7.89. The molecule has 3 heterocycles. The first kappa shape index (κ1) is 29.1. The number of sulfonamides is 1. The Bertz CT molecular complexity index is 1610. The van der Waals surface area contributed by atoms with Crippen LogP contribution in [0.2, 0.25) is 5.02 Å². The van der Waals surface area contributed by atoms with Crippen LogP contribution < -0.4 is 0 Å². The van der Waals surface area contributed by atoms with Crippen LogP contribution in [0.25, 0.3) is 10.8 Å². The maximum absolute atomic E-state index is 13.8. The molecule has 1 spiro atoms. The summed E-state index contributed by atoms with van der Waals surface area (Å²) in [5.74, 6) is -0.890. The summed E-state index contributed by atoms with van der Waals surface area (Å²) in [5.41, 5.74) is -0.384. The Morgan fingerprint density at radius 1 is 1.00 bits per heavy atom. The monoisotopic (exact) mass is 611 g/mol. The topological polar surface area (TPSA) is 96.5 Å². The first-order valence-electron chi connectivity index (χ1n) is 14.1. The molecule has 6 rings (SSSR count). The highest BCUT2D eigenvalue weighted by Crippen LogP contribution is 2.43. The van der Waals surface area contributed by atoms with E-state index in [9.17, 15) is 18.0 Å². The number of nitrogens with zero attached hydrogens (tertiary/aromatic N) is 3. The second kappa shape index (κ2) is 11.2. The smallest absolute Gasteiger partial charge is 0.302 e. The molecule has 42 heavy (non-hydrogen) atoms. The minimum Gasteiger partial charge on any atom is -0.461 e. The van der Waals surface area contributed by atoms with Gasteiger partial charge < -0.3 is 14.4 Å². The average molecular weight is 612 g/mol. The minimum atomic E-state index is -4.07. The lowest BCUT2D eigenvalue weighted by Crippen LogP contribution is -2.74. The maximum atomic E-state index is 13.8. The average Bonchev–Trinajstić information content (AvgIpc) is 2.98. The Morgan fingerprint density at radius 3 is 2.45 bits per heavy atom. The third-order valence-corrected chi connectivity index (χ3v) is 10.8. The number of piperidine rings is 1. The molecular weight excluding hydrogens is 578 g/mol. The summed E-state index contributed by atoms with van der Waals surface area (Å²) in [6.45, 7) is 3.96. The molecule has 3 aliphatic rings. The van der Waals surface area contributed by atoms with E-state index in [4.69, 9.17) is 21.1 Å². The van der Waals surface area contributed by atoms with Crippen molar-refractivity contribution >= 4 is 44.3 Å². The lowest BCUT2D eigenvalue weighted by molar-refractivity contribution is -0.258. The van der Waals surface area contributed by atoms with E-state index in [-0.39, 0.29) is 35.9 Å². The molecule has 0 aliphatic carbocycles. The summed E-state index contributed by atoms with van der Waals surface area (Å²) >= 11 is 6.09.